The van der Waals surface area contributed by atoms with Crippen molar-refractivity contribution in [3.63, 3.8) is 0 Å². The number of anilines is 1. The van der Waals surface area contributed by atoms with E-state index in [4.69, 9.17) is 4.74 Å². The van der Waals surface area contributed by atoms with Crippen LogP contribution in [0.15, 0.2) is 24.3 Å². The van der Waals surface area contributed by atoms with E-state index in [0.29, 0.717) is 11.3 Å². The summed E-state index contributed by atoms with van der Waals surface area (Å²) in [5, 5.41) is 32.1. The second-order valence-electron chi connectivity index (χ2n) is 5.01. The van der Waals surface area contributed by atoms with E-state index in [-0.39, 0.29) is 5.78 Å². The van der Waals surface area contributed by atoms with Crippen molar-refractivity contribution in [3.05, 3.63) is 29.8 Å². The van der Waals surface area contributed by atoms with Crippen molar-refractivity contribution in [2.45, 2.75) is 44.5 Å². The highest BCUT2D eigenvalue weighted by atomic mass is 16.5. The first-order valence-corrected chi connectivity index (χ1v) is 6.47. The molecule has 1 aromatic rings. The summed E-state index contributed by atoms with van der Waals surface area (Å²) < 4.78 is 5.42. The van der Waals surface area contributed by atoms with E-state index >= 15 is 0 Å². The maximum absolute atomic E-state index is 11.2. The molecule has 0 bridgehead atoms. The van der Waals surface area contributed by atoms with Crippen LogP contribution in [0.25, 0.3) is 0 Å². The van der Waals surface area contributed by atoms with E-state index in [1.165, 1.54) is 6.92 Å². The number of carbonyl (C=O) groups excluding carboxylic acids is 1. The number of ether oxygens (including phenoxy) is 1. The summed E-state index contributed by atoms with van der Waals surface area (Å²) in [5.74, 6) is -0.0299. The number of nitrogens with one attached hydrogen (secondary N) is 1. The highest BCUT2D eigenvalue weighted by molar-refractivity contribution is 5.94. The van der Waals surface area contributed by atoms with E-state index in [2.05, 4.69) is 5.32 Å². The van der Waals surface area contributed by atoms with Gasteiger partial charge >= 0.3 is 0 Å². The van der Waals surface area contributed by atoms with Crippen molar-refractivity contribution in [1.82, 2.24) is 0 Å². The Labute approximate surface area is 117 Å². The predicted molar refractivity (Wildman–Crippen MR) is 72.4 cm³/mol. The van der Waals surface area contributed by atoms with E-state index in [1.54, 1.807) is 31.2 Å². The normalized spacial score (nSPS) is 33.8. The van der Waals surface area contributed by atoms with Gasteiger partial charge in [0.05, 0.1) is 6.10 Å². The first kappa shape index (κ1) is 14.9. The Hall–Kier alpha value is -1.47. The molecule has 6 heteroatoms. The minimum absolute atomic E-state index is 0.0299. The molecule has 0 amide bonds. The van der Waals surface area contributed by atoms with Crippen LogP contribution in [0.2, 0.25) is 0 Å². The first-order valence-electron chi connectivity index (χ1n) is 6.47. The summed E-state index contributed by atoms with van der Waals surface area (Å²) in [6.45, 7) is 3.10. The fourth-order valence-electron chi connectivity index (χ4n) is 2.14. The summed E-state index contributed by atoms with van der Waals surface area (Å²) in [4.78, 5) is 11.2. The molecule has 110 valence electrons. The molecule has 20 heavy (non-hydrogen) atoms. The van der Waals surface area contributed by atoms with Gasteiger partial charge in [-0.1, -0.05) is 0 Å². The zero-order valence-corrected chi connectivity index (χ0v) is 11.4. The summed E-state index contributed by atoms with van der Waals surface area (Å²) in [6, 6.07) is 6.70. The van der Waals surface area contributed by atoms with Gasteiger partial charge in [-0.2, -0.15) is 0 Å². The van der Waals surface area contributed by atoms with E-state index in [0.717, 1.165) is 0 Å². The minimum Gasteiger partial charge on any atom is -0.388 e. The lowest BCUT2D eigenvalue weighted by molar-refractivity contribution is -0.209. The molecular weight excluding hydrogens is 262 g/mol. The fraction of sp³-hybridized carbons (Fsp3) is 0.500. The van der Waals surface area contributed by atoms with Gasteiger partial charge in [0.2, 0.25) is 0 Å². The Morgan fingerprint density at radius 1 is 1.10 bits per heavy atom. The van der Waals surface area contributed by atoms with Crippen LogP contribution in [0.4, 0.5) is 5.69 Å². The topological polar surface area (TPSA) is 99.0 Å². The van der Waals surface area contributed by atoms with Crippen LogP contribution >= 0.6 is 0 Å². The molecular formula is C14H19NO5. The number of hydrogen-bond acceptors (Lipinski definition) is 6. The van der Waals surface area contributed by atoms with Gasteiger partial charge in [0.15, 0.2) is 12.0 Å². The number of hydrogen-bond donors (Lipinski definition) is 4. The number of ketones is 1. The van der Waals surface area contributed by atoms with Gasteiger partial charge in [-0.3, -0.25) is 4.79 Å². The molecule has 0 aliphatic carbocycles. The molecule has 0 radical (unpaired) electrons. The summed E-state index contributed by atoms with van der Waals surface area (Å²) in [5.41, 5.74) is 1.24. The smallest absolute Gasteiger partial charge is 0.159 e. The Bertz CT molecular complexity index is 475. The third-order valence-corrected chi connectivity index (χ3v) is 3.45. The van der Waals surface area contributed by atoms with Crippen LogP contribution in [-0.2, 0) is 4.74 Å². The van der Waals surface area contributed by atoms with Gasteiger partial charge in [-0.05, 0) is 38.1 Å². The van der Waals surface area contributed by atoms with Gasteiger partial charge < -0.3 is 25.4 Å². The fourth-order valence-corrected chi connectivity index (χ4v) is 2.14. The van der Waals surface area contributed by atoms with Crippen LogP contribution in [-0.4, -0.2) is 51.7 Å². The van der Waals surface area contributed by atoms with E-state index in [1.807, 2.05) is 0 Å². The average Bonchev–Trinajstić information content (AvgIpc) is 2.43. The molecule has 1 fully saturated rings. The zero-order chi connectivity index (χ0) is 14.9. The maximum Gasteiger partial charge on any atom is 0.159 e. The number of aliphatic hydroxyl groups is 3. The average molecular weight is 281 g/mol. The van der Waals surface area contributed by atoms with Crippen molar-refractivity contribution in [3.8, 4) is 0 Å². The van der Waals surface area contributed by atoms with Crippen LogP contribution < -0.4 is 5.32 Å². The molecule has 2 rings (SSSR count). The molecule has 0 saturated carbocycles. The molecule has 1 aliphatic rings. The van der Waals surface area contributed by atoms with Crippen molar-refractivity contribution >= 4 is 11.5 Å². The number of rotatable bonds is 3. The molecule has 4 N–H and O–H groups in total. The van der Waals surface area contributed by atoms with E-state index in [9.17, 15) is 20.1 Å². The molecule has 0 unspecified atom stereocenters. The van der Waals surface area contributed by atoms with Gasteiger partial charge in [0, 0.05) is 11.3 Å². The van der Waals surface area contributed by atoms with E-state index < -0.39 is 30.6 Å². The maximum atomic E-state index is 11.2. The Kier molecular flexibility index (Phi) is 4.39. The molecule has 1 aliphatic heterocycles. The summed E-state index contributed by atoms with van der Waals surface area (Å²) in [6.07, 6.45) is -5.06. The lowest BCUT2D eigenvalue weighted by atomic mass is 9.99. The standard InChI is InChI=1S/C14H19NO5/c1-7(16)9-3-5-10(6-4-9)15-14-13(19)12(18)11(17)8(2)20-14/h3-6,8,11-15,17-19H,1-2H3/t8-,11-,12-,13-,14+/m0/s1. The number of Topliss-reactive ketones (excluding diaryl/α,β-unsaturated/α-hetero) is 1. The third-order valence-electron chi connectivity index (χ3n) is 3.45. The molecule has 0 aromatic heterocycles. The summed E-state index contributed by atoms with van der Waals surface area (Å²) >= 11 is 0. The van der Waals surface area contributed by atoms with Gasteiger partial charge in [0.1, 0.15) is 18.3 Å². The van der Waals surface area contributed by atoms with Crippen molar-refractivity contribution < 1.29 is 24.9 Å². The number of benzene rings is 1. The molecule has 0 spiro atoms. The van der Waals surface area contributed by atoms with Crippen molar-refractivity contribution in [2.24, 2.45) is 0 Å². The molecule has 1 heterocycles. The number of carbonyl (C=O) groups is 1. The Morgan fingerprint density at radius 3 is 2.25 bits per heavy atom. The quantitative estimate of drug-likeness (QED) is 0.588. The molecule has 5 atom stereocenters. The van der Waals surface area contributed by atoms with Crippen LogP contribution in [0.5, 0.6) is 0 Å². The highest BCUT2D eigenvalue weighted by Gasteiger charge is 2.41. The van der Waals surface area contributed by atoms with Gasteiger partial charge in [-0.15, -0.1) is 0 Å². The second kappa shape index (κ2) is 5.88. The minimum atomic E-state index is -1.27. The SMILES string of the molecule is CC(=O)c1ccc(N[C@@H]2O[C@@H](C)[C@H](O)[C@H](O)[C@@H]2O)cc1. The van der Waals surface area contributed by atoms with Crippen molar-refractivity contribution in [1.29, 1.82) is 0 Å². The molecule has 1 saturated heterocycles. The molecule has 1 aromatic carbocycles. The third kappa shape index (κ3) is 2.99. The van der Waals surface area contributed by atoms with Gasteiger partial charge in [-0.25, -0.2) is 0 Å². The predicted octanol–water partition coefficient (Wildman–Crippen LogP) is 0.129. The summed E-state index contributed by atoms with van der Waals surface area (Å²) in [7, 11) is 0. The lowest BCUT2D eigenvalue weighted by Crippen LogP contribution is -2.58. The Morgan fingerprint density at radius 2 is 1.70 bits per heavy atom. The van der Waals surface area contributed by atoms with Crippen LogP contribution in [0.1, 0.15) is 24.2 Å². The molecule has 6 nitrogen and oxygen atoms in total. The second-order valence-corrected chi connectivity index (χ2v) is 5.01. The number of aliphatic hydroxyl groups excluding tert-OH is 3. The van der Waals surface area contributed by atoms with Crippen LogP contribution in [0, 0.1) is 0 Å². The van der Waals surface area contributed by atoms with Crippen molar-refractivity contribution in [2.75, 3.05) is 5.32 Å². The largest absolute Gasteiger partial charge is 0.388 e. The first-order chi connectivity index (χ1) is 9.40. The monoisotopic (exact) mass is 281 g/mol. The Balaban J connectivity index is 2.07. The highest BCUT2D eigenvalue weighted by Crippen LogP contribution is 2.22. The van der Waals surface area contributed by atoms with Gasteiger partial charge in [0.25, 0.3) is 0 Å². The zero-order valence-electron chi connectivity index (χ0n) is 11.4. The lowest BCUT2D eigenvalue weighted by Gasteiger charge is -2.39. The van der Waals surface area contributed by atoms with Crippen LogP contribution in [0.3, 0.4) is 0 Å².